The summed E-state index contributed by atoms with van der Waals surface area (Å²) in [6, 6.07) is 4.21. The molecule has 0 amide bonds. The molecule has 1 aromatic rings. The zero-order valence-electron chi connectivity index (χ0n) is 12.9. The Morgan fingerprint density at radius 3 is 2.50 bits per heavy atom. The smallest absolute Gasteiger partial charge is 0.416 e. The number of hydrogen-bond acceptors (Lipinski definition) is 2. The number of halogens is 3. The highest BCUT2D eigenvalue weighted by molar-refractivity contribution is 5.87. The number of benzene rings is 1. The van der Waals surface area contributed by atoms with Crippen LogP contribution in [0.25, 0.3) is 0 Å². The molecule has 1 aromatic carbocycles. The lowest BCUT2D eigenvalue weighted by atomic mass is 9.85. The highest BCUT2D eigenvalue weighted by atomic mass is 19.4. The van der Waals surface area contributed by atoms with Crippen molar-refractivity contribution in [2.24, 2.45) is 0 Å². The summed E-state index contributed by atoms with van der Waals surface area (Å²) in [6.45, 7) is 8.54. The normalized spacial score (nSPS) is 18.0. The first-order valence-electron chi connectivity index (χ1n) is 7.12. The molecule has 0 saturated heterocycles. The van der Waals surface area contributed by atoms with Crippen LogP contribution in [0.3, 0.4) is 0 Å². The van der Waals surface area contributed by atoms with Crippen LogP contribution >= 0.6 is 0 Å². The van der Waals surface area contributed by atoms with Gasteiger partial charge in [0.25, 0.3) is 0 Å². The summed E-state index contributed by atoms with van der Waals surface area (Å²) in [4.78, 5) is 11.8. The van der Waals surface area contributed by atoms with Gasteiger partial charge < -0.3 is 4.74 Å². The van der Waals surface area contributed by atoms with E-state index in [4.69, 9.17) is 4.74 Å². The Bertz CT molecular complexity index is 615. The maximum atomic E-state index is 13.1. The third-order valence-electron chi connectivity index (χ3n) is 4.12. The second-order valence-electron chi connectivity index (χ2n) is 6.24. The highest BCUT2D eigenvalue weighted by Gasteiger charge is 2.43. The van der Waals surface area contributed by atoms with E-state index >= 15 is 0 Å². The fraction of sp³-hybridized carbons (Fsp3) is 0.471. The number of carbonyl (C=O) groups is 1. The average molecular weight is 312 g/mol. The zero-order chi connectivity index (χ0) is 16.7. The molecule has 2 nitrogen and oxygen atoms in total. The van der Waals surface area contributed by atoms with E-state index in [1.807, 2.05) is 0 Å². The van der Waals surface area contributed by atoms with Crippen LogP contribution in [-0.2, 0) is 22.1 Å². The lowest BCUT2D eigenvalue weighted by molar-refractivity contribution is -0.153. The molecule has 120 valence electrons. The van der Waals surface area contributed by atoms with E-state index < -0.39 is 23.3 Å². The van der Waals surface area contributed by atoms with Gasteiger partial charge in [-0.05, 0) is 50.8 Å². The van der Waals surface area contributed by atoms with Crippen LogP contribution in [0.15, 0.2) is 30.4 Å². The number of esters is 1. The van der Waals surface area contributed by atoms with Gasteiger partial charge in [-0.3, -0.25) is 0 Å². The molecular weight excluding hydrogens is 293 g/mol. The molecule has 0 bridgehead atoms. The van der Waals surface area contributed by atoms with Crippen molar-refractivity contribution >= 4 is 5.97 Å². The van der Waals surface area contributed by atoms with Crippen molar-refractivity contribution in [2.75, 3.05) is 0 Å². The fourth-order valence-corrected chi connectivity index (χ4v) is 3.04. The van der Waals surface area contributed by atoms with Gasteiger partial charge in [0.15, 0.2) is 0 Å². The van der Waals surface area contributed by atoms with Crippen LogP contribution < -0.4 is 0 Å². The molecule has 22 heavy (non-hydrogen) atoms. The lowest BCUT2D eigenvalue weighted by Crippen LogP contribution is -2.34. The second kappa shape index (κ2) is 5.45. The number of rotatable bonds is 3. The standard InChI is InChI=1S/C17H19F3O2/c1-10(2)15(21)22-16(3,4)13-9-8-12-11(13)6-5-7-14(12)17(18,19)20/h5-7,13H,1,8-9H2,2-4H3. The van der Waals surface area contributed by atoms with Crippen molar-refractivity contribution in [1.29, 1.82) is 0 Å². The van der Waals surface area contributed by atoms with Crippen molar-refractivity contribution in [3.8, 4) is 0 Å². The molecule has 1 aliphatic rings. The van der Waals surface area contributed by atoms with Crippen LogP contribution in [0.1, 0.15) is 49.8 Å². The first-order chi connectivity index (χ1) is 10.0. The molecule has 5 heteroatoms. The number of ether oxygens (including phenoxy) is 1. The van der Waals surface area contributed by atoms with E-state index in [1.165, 1.54) is 6.07 Å². The van der Waals surface area contributed by atoms with E-state index in [-0.39, 0.29) is 11.5 Å². The zero-order valence-corrected chi connectivity index (χ0v) is 12.9. The van der Waals surface area contributed by atoms with E-state index in [1.54, 1.807) is 26.8 Å². The Morgan fingerprint density at radius 2 is 1.95 bits per heavy atom. The maximum Gasteiger partial charge on any atom is 0.416 e. The van der Waals surface area contributed by atoms with Crippen LogP contribution in [0, 0.1) is 0 Å². The molecule has 1 unspecified atom stereocenters. The van der Waals surface area contributed by atoms with Crippen LogP contribution in [-0.4, -0.2) is 11.6 Å². The molecule has 1 atom stereocenters. The molecule has 2 rings (SSSR count). The summed E-state index contributed by atoms with van der Waals surface area (Å²) in [6.07, 6.45) is -3.50. The molecule has 0 N–H and O–H groups in total. The van der Waals surface area contributed by atoms with Gasteiger partial charge in [-0.1, -0.05) is 18.7 Å². The van der Waals surface area contributed by atoms with Crippen molar-refractivity contribution < 1.29 is 22.7 Å². The minimum absolute atomic E-state index is 0.256. The van der Waals surface area contributed by atoms with Gasteiger partial charge >= 0.3 is 12.1 Å². The van der Waals surface area contributed by atoms with Gasteiger partial charge in [-0.25, -0.2) is 4.79 Å². The van der Waals surface area contributed by atoms with Crippen molar-refractivity contribution in [3.05, 3.63) is 47.0 Å². The first kappa shape index (κ1) is 16.6. The van der Waals surface area contributed by atoms with Gasteiger partial charge in [0, 0.05) is 11.5 Å². The predicted molar refractivity (Wildman–Crippen MR) is 77.5 cm³/mol. The van der Waals surface area contributed by atoms with Gasteiger partial charge in [0.05, 0.1) is 5.56 Å². The summed E-state index contributed by atoms with van der Waals surface area (Å²) in [7, 11) is 0. The van der Waals surface area contributed by atoms with Crippen molar-refractivity contribution in [2.45, 2.75) is 51.3 Å². The van der Waals surface area contributed by atoms with Crippen LogP contribution in [0.4, 0.5) is 13.2 Å². The van der Waals surface area contributed by atoms with Crippen molar-refractivity contribution in [1.82, 2.24) is 0 Å². The molecular formula is C17H19F3O2. The maximum absolute atomic E-state index is 13.1. The molecule has 0 spiro atoms. The minimum atomic E-state index is -4.36. The molecule has 0 saturated carbocycles. The SMILES string of the molecule is C=C(C)C(=O)OC(C)(C)C1CCc2c1cccc2C(F)(F)F. The second-order valence-corrected chi connectivity index (χ2v) is 6.24. The Hall–Kier alpha value is -1.78. The molecule has 0 heterocycles. The molecule has 1 aliphatic carbocycles. The number of fused-ring (bicyclic) bond motifs is 1. The molecule has 0 aliphatic heterocycles. The van der Waals surface area contributed by atoms with E-state index in [0.717, 1.165) is 6.07 Å². The topological polar surface area (TPSA) is 26.3 Å². The summed E-state index contributed by atoms with van der Waals surface area (Å²) >= 11 is 0. The number of carbonyl (C=O) groups excluding carboxylic acids is 1. The summed E-state index contributed by atoms with van der Waals surface area (Å²) < 4.78 is 44.7. The Morgan fingerprint density at radius 1 is 1.32 bits per heavy atom. The van der Waals surface area contributed by atoms with Gasteiger partial charge in [0.2, 0.25) is 0 Å². The Kier molecular flexibility index (Phi) is 4.11. The van der Waals surface area contributed by atoms with E-state index in [2.05, 4.69) is 6.58 Å². The Balaban J connectivity index is 2.36. The minimum Gasteiger partial charge on any atom is -0.456 e. The third-order valence-corrected chi connectivity index (χ3v) is 4.12. The highest BCUT2D eigenvalue weighted by Crippen LogP contribution is 2.46. The molecule has 0 radical (unpaired) electrons. The summed E-state index contributed by atoms with van der Waals surface area (Å²) in [5.74, 6) is -0.779. The lowest BCUT2D eigenvalue weighted by Gasteiger charge is -2.32. The average Bonchev–Trinajstić information content (AvgIpc) is 2.80. The van der Waals surface area contributed by atoms with Gasteiger partial charge in [-0.15, -0.1) is 0 Å². The van der Waals surface area contributed by atoms with E-state index in [0.29, 0.717) is 24.0 Å². The van der Waals surface area contributed by atoms with Gasteiger partial charge in [-0.2, -0.15) is 13.2 Å². The quantitative estimate of drug-likeness (QED) is 0.600. The number of hydrogen-bond donors (Lipinski definition) is 0. The first-order valence-corrected chi connectivity index (χ1v) is 7.12. The molecule has 0 aromatic heterocycles. The van der Waals surface area contributed by atoms with Crippen LogP contribution in [0.5, 0.6) is 0 Å². The predicted octanol–water partition coefficient (Wildman–Crippen LogP) is 4.63. The molecule has 0 fully saturated rings. The van der Waals surface area contributed by atoms with Crippen molar-refractivity contribution in [3.63, 3.8) is 0 Å². The Labute approximate surface area is 128 Å². The third kappa shape index (κ3) is 3.03. The van der Waals surface area contributed by atoms with E-state index in [9.17, 15) is 18.0 Å². The fourth-order valence-electron chi connectivity index (χ4n) is 3.04. The van der Waals surface area contributed by atoms with Crippen LogP contribution in [0.2, 0.25) is 0 Å². The summed E-state index contributed by atoms with van der Waals surface area (Å²) in [5, 5.41) is 0. The number of alkyl halides is 3. The summed E-state index contributed by atoms with van der Waals surface area (Å²) in [5.41, 5.74) is -0.260. The van der Waals surface area contributed by atoms with Gasteiger partial charge in [0.1, 0.15) is 5.60 Å². The monoisotopic (exact) mass is 312 g/mol. The largest absolute Gasteiger partial charge is 0.456 e.